The Morgan fingerprint density at radius 2 is 1.86 bits per heavy atom. The molecule has 0 aliphatic rings. The lowest BCUT2D eigenvalue weighted by molar-refractivity contribution is 0.626. The Morgan fingerprint density at radius 1 is 1.05 bits per heavy atom. The average molecular weight is 309 g/mol. The second kappa shape index (κ2) is 5.35. The van der Waals surface area contributed by atoms with E-state index in [0.717, 1.165) is 28.1 Å². The van der Waals surface area contributed by atoms with Gasteiger partial charge < -0.3 is 4.57 Å². The van der Waals surface area contributed by atoms with Gasteiger partial charge in [-0.2, -0.15) is 0 Å². The molecule has 0 N–H and O–H groups in total. The maximum atomic E-state index is 13.1. The molecule has 3 nitrogen and oxygen atoms in total. The van der Waals surface area contributed by atoms with E-state index in [0.29, 0.717) is 6.54 Å². The molecule has 22 heavy (non-hydrogen) atoms. The first kappa shape index (κ1) is 13.2. The van der Waals surface area contributed by atoms with E-state index in [1.165, 1.54) is 12.1 Å². The third kappa shape index (κ3) is 2.29. The van der Waals surface area contributed by atoms with Gasteiger partial charge in [0.15, 0.2) is 5.82 Å². The Balaban J connectivity index is 1.87. The molecule has 4 aromatic rings. The quantitative estimate of drug-likeness (QED) is 0.563. The first-order valence-electron chi connectivity index (χ1n) is 6.89. The summed E-state index contributed by atoms with van der Waals surface area (Å²) in [4.78, 5) is 9.08. The number of para-hydroxylation sites is 2. The first-order valence-corrected chi connectivity index (χ1v) is 7.84. The van der Waals surface area contributed by atoms with Crippen molar-refractivity contribution in [3.8, 4) is 11.5 Å². The van der Waals surface area contributed by atoms with E-state index < -0.39 is 0 Å². The maximum Gasteiger partial charge on any atom is 0.160 e. The molecule has 0 unspecified atom stereocenters. The summed E-state index contributed by atoms with van der Waals surface area (Å²) in [6.07, 6.45) is 0. The van der Waals surface area contributed by atoms with Gasteiger partial charge in [0.1, 0.15) is 11.5 Å². The predicted octanol–water partition coefficient (Wildman–Crippen LogP) is 4.35. The highest BCUT2D eigenvalue weighted by Crippen LogP contribution is 2.25. The zero-order chi connectivity index (χ0) is 14.9. The van der Waals surface area contributed by atoms with Crippen LogP contribution in [-0.2, 0) is 6.54 Å². The molecule has 0 radical (unpaired) electrons. The third-order valence-corrected chi connectivity index (χ3v) is 4.16. The maximum absolute atomic E-state index is 13.1. The summed E-state index contributed by atoms with van der Waals surface area (Å²) in [7, 11) is 0. The van der Waals surface area contributed by atoms with E-state index in [1.807, 2.05) is 29.6 Å². The summed E-state index contributed by atoms with van der Waals surface area (Å²) in [5, 5.41) is 1.99. The van der Waals surface area contributed by atoms with Crippen LogP contribution < -0.4 is 0 Å². The van der Waals surface area contributed by atoms with Crippen LogP contribution in [0.2, 0.25) is 0 Å². The standard InChI is InChI=1S/C17H12FN3S/c18-13-7-5-12(6-8-13)9-21-16-4-2-1-3-14(16)20-17(21)15-10-22-11-19-15/h1-8,10-11H,9H2. The fourth-order valence-electron chi connectivity index (χ4n) is 2.53. The normalized spacial score (nSPS) is 11.1. The average Bonchev–Trinajstić information content (AvgIpc) is 3.18. The lowest BCUT2D eigenvalue weighted by Gasteiger charge is -2.08. The number of aromatic nitrogens is 3. The van der Waals surface area contributed by atoms with Gasteiger partial charge in [-0.1, -0.05) is 24.3 Å². The lowest BCUT2D eigenvalue weighted by atomic mass is 10.2. The SMILES string of the molecule is Fc1ccc(Cn2c(-c3cscn3)nc3ccccc32)cc1. The molecule has 4 rings (SSSR count). The van der Waals surface area contributed by atoms with Crippen LogP contribution in [0.4, 0.5) is 4.39 Å². The lowest BCUT2D eigenvalue weighted by Crippen LogP contribution is -2.02. The highest BCUT2D eigenvalue weighted by Gasteiger charge is 2.14. The highest BCUT2D eigenvalue weighted by molar-refractivity contribution is 7.07. The van der Waals surface area contributed by atoms with Crippen LogP contribution in [0.5, 0.6) is 0 Å². The number of rotatable bonds is 3. The molecule has 0 fully saturated rings. The van der Waals surface area contributed by atoms with E-state index in [4.69, 9.17) is 4.98 Å². The van der Waals surface area contributed by atoms with Gasteiger partial charge in [-0.25, -0.2) is 14.4 Å². The van der Waals surface area contributed by atoms with Crippen LogP contribution in [0, 0.1) is 5.82 Å². The van der Waals surface area contributed by atoms with Gasteiger partial charge in [-0.15, -0.1) is 11.3 Å². The molecule has 0 spiro atoms. The van der Waals surface area contributed by atoms with Crippen molar-refractivity contribution < 1.29 is 4.39 Å². The molecule has 0 aliphatic heterocycles. The molecule has 2 heterocycles. The smallest absolute Gasteiger partial charge is 0.160 e. The molecule has 0 saturated carbocycles. The number of benzene rings is 2. The minimum absolute atomic E-state index is 0.223. The Morgan fingerprint density at radius 3 is 2.64 bits per heavy atom. The van der Waals surface area contributed by atoms with Crippen LogP contribution in [-0.4, -0.2) is 14.5 Å². The minimum Gasteiger partial charge on any atom is -0.318 e. The molecule has 5 heteroatoms. The Bertz CT molecular complexity index is 911. The monoisotopic (exact) mass is 309 g/mol. The molecule has 2 aromatic heterocycles. The summed E-state index contributed by atoms with van der Waals surface area (Å²) >= 11 is 1.55. The molecule has 0 saturated heterocycles. The molecule has 0 atom stereocenters. The van der Waals surface area contributed by atoms with E-state index in [-0.39, 0.29) is 5.82 Å². The zero-order valence-corrected chi connectivity index (χ0v) is 12.4. The summed E-state index contributed by atoms with van der Waals surface area (Å²) in [5.74, 6) is 0.616. The van der Waals surface area contributed by atoms with Gasteiger partial charge in [-0.3, -0.25) is 0 Å². The number of imidazole rings is 1. The van der Waals surface area contributed by atoms with E-state index in [9.17, 15) is 4.39 Å². The van der Waals surface area contributed by atoms with Crippen LogP contribution in [0.3, 0.4) is 0 Å². The third-order valence-electron chi connectivity index (χ3n) is 3.57. The highest BCUT2D eigenvalue weighted by atomic mass is 32.1. The number of halogens is 1. The van der Waals surface area contributed by atoms with Crippen molar-refractivity contribution in [1.29, 1.82) is 0 Å². The number of fused-ring (bicyclic) bond motifs is 1. The number of thiazole rings is 1. The number of hydrogen-bond acceptors (Lipinski definition) is 3. The summed E-state index contributed by atoms with van der Waals surface area (Å²) in [6.45, 7) is 0.633. The van der Waals surface area contributed by atoms with Crippen LogP contribution in [0.1, 0.15) is 5.56 Å². The first-order chi connectivity index (χ1) is 10.8. The van der Waals surface area contributed by atoms with Crippen LogP contribution in [0.15, 0.2) is 59.4 Å². The molecule has 108 valence electrons. The van der Waals surface area contributed by atoms with Crippen molar-refractivity contribution in [2.75, 3.05) is 0 Å². The molecule has 0 bridgehead atoms. The van der Waals surface area contributed by atoms with E-state index >= 15 is 0 Å². The molecular weight excluding hydrogens is 297 g/mol. The molecule has 2 aromatic carbocycles. The van der Waals surface area contributed by atoms with Crippen molar-refractivity contribution in [3.63, 3.8) is 0 Å². The van der Waals surface area contributed by atoms with Crippen molar-refractivity contribution in [2.45, 2.75) is 6.54 Å². The predicted molar refractivity (Wildman–Crippen MR) is 86.3 cm³/mol. The summed E-state index contributed by atoms with van der Waals surface area (Å²) < 4.78 is 15.2. The van der Waals surface area contributed by atoms with Crippen molar-refractivity contribution in [3.05, 3.63) is 70.8 Å². The molecule has 0 aliphatic carbocycles. The summed E-state index contributed by atoms with van der Waals surface area (Å²) in [6, 6.07) is 14.6. The van der Waals surface area contributed by atoms with Crippen molar-refractivity contribution in [2.24, 2.45) is 0 Å². The Kier molecular flexibility index (Phi) is 3.20. The second-order valence-corrected chi connectivity index (χ2v) is 5.73. The van der Waals surface area contributed by atoms with Crippen molar-refractivity contribution >= 4 is 22.4 Å². The second-order valence-electron chi connectivity index (χ2n) is 5.01. The van der Waals surface area contributed by atoms with Crippen LogP contribution in [0.25, 0.3) is 22.6 Å². The van der Waals surface area contributed by atoms with Crippen molar-refractivity contribution in [1.82, 2.24) is 14.5 Å². The molecular formula is C17H12FN3S. The van der Waals surface area contributed by atoms with Gasteiger partial charge in [0.05, 0.1) is 16.5 Å². The number of nitrogens with zero attached hydrogens (tertiary/aromatic N) is 3. The fraction of sp³-hybridized carbons (Fsp3) is 0.0588. The Labute approximate surface area is 130 Å². The van der Waals surface area contributed by atoms with E-state index in [2.05, 4.69) is 9.55 Å². The van der Waals surface area contributed by atoms with Gasteiger partial charge in [0.2, 0.25) is 0 Å². The zero-order valence-electron chi connectivity index (χ0n) is 11.6. The van der Waals surface area contributed by atoms with Gasteiger partial charge in [-0.05, 0) is 29.8 Å². The fourth-order valence-corrected chi connectivity index (χ4v) is 3.06. The topological polar surface area (TPSA) is 30.7 Å². The van der Waals surface area contributed by atoms with Gasteiger partial charge in [0, 0.05) is 11.9 Å². The molecule has 0 amide bonds. The Hall–Kier alpha value is -2.53. The van der Waals surface area contributed by atoms with Gasteiger partial charge >= 0.3 is 0 Å². The van der Waals surface area contributed by atoms with Gasteiger partial charge in [0.25, 0.3) is 0 Å². The summed E-state index contributed by atoms with van der Waals surface area (Å²) in [5.41, 5.74) is 5.68. The van der Waals surface area contributed by atoms with E-state index in [1.54, 1.807) is 29.0 Å². The largest absolute Gasteiger partial charge is 0.318 e. The van der Waals surface area contributed by atoms with Crippen LogP contribution >= 0.6 is 11.3 Å². The minimum atomic E-state index is -0.223. The number of hydrogen-bond donors (Lipinski definition) is 0.